The van der Waals surface area contributed by atoms with E-state index in [-0.39, 0.29) is 27.8 Å². The molecule has 0 radical (unpaired) electrons. The van der Waals surface area contributed by atoms with Crippen molar-refractivity contribution in [1.82, 2.24) is 9.97 Å². The summed E-state index contributed by atoms with van der Waals surface area (Å²) in [7, 11) is 3.08. The lowest BCUT2D eigenvalue weighted by molar-refractivity contribution is 0.394. The number of benzene rings is 2. The zero-order chi connectivity index (χ0) is 19.4. The highest BCUT2D eigenvalue weighted by Gasteiger charge is 2.16. The highest BCUT2D eigenvalue weighted by molar-refractivity contribution is 6.33. The first-order valence-corrected chi connectivity index (χ1v) is 8.13. The van der Waals surface area contributed by atoms with Crippen molar-refractivity contribution in [2.24, 2.45) is 0 Å². The molecule has 27 heavy (non-hydrogen) atoms. The lowest BCUT2D eigenvalue weighted by atomic mass is 10.2. The topological polar surface area (TPSA) is 70.9 Å². The molecule has 1 N–H and O–H groups in total. The molecule has 7 heteroatoms. The number of hydrogen-bond acceptors (Lipinski definition) is 4. The molecule has 0 spiro atoms. The summed E-state index contributed by atoms with van der Waals surface area (Å²) in [6.45, 7) is 0. The van der Waals surface area contributed by atoms with Crippen LogP contribution >= 0.6 is 11.6 Å². The fourth-order valence-electron chi connectivity index (χ4n) is 2.40. The number of nitrogens with zero attached hydrogens (tertiary/aromatic N) is 2. The number of nitriles is 1. The van der Waals surface area contributed by atoms with Gasteiger partial charge in [0.2, 0.25) is 0 Å². The fourth-order valence-corrected chi connectivity index (χ4v) is 2.65. The lowest BCUT2D eigenvalue weighted by Gasteiger charge is -2.04. The average Bonchev–Trinajstić information content (AvgIpc) is 3.08. The van der Waals surface area contributed by atoms with Gasteiger partial charge in [0.25, 0.3) is 0 Å². The number of aromatic nitrogens is 2. The Balaban J connectivity index is 2.04. The molecule has 0 aliphatic heterocycles. The van der Waals surface area contributed by atoms with Crippen molar-refractivity contribution in [1.29, 1.82) is 5.26 Å². The quantitative estimate of drug-likeness (QED) is 0.691. The first-order valence-electron chi connectivity index (χ1n) is 7.75. The van der Waals surface area contributed by atoms with Gasteiger partial charge in [-0.05, 0) is 30.2 Å². The third-order valence-corrected chi connectivity index (χ3v) is 4.01. The van der Waals surface area contributed by atoms with E-state index in [1.165, 1.54) is 12.1 Å². The Morgan fingerprint density at radius 3 is 2.41 bits per heavy atom. The predicted octanol–water partition coefficient (Wildman–Crippen LogP) is 4.16. The average molecular weight is 382 g/mol. The van der Waals surface area contributed by atoms with Gasteiger partial charge >= 0.3 is 0 Å². The number of H-pyrrole nitrogens is 1. The summed E-state index contributed by atoms with van der Waals surface area (Å²) < 4.78 is 24.5. The summed E-state index contributed by atoms with van der Waals surface area (Å²) in [5.41, 5.74) is 1.02. The number of imidazole rings is 1. The Morgan fingerprint density at radius 2 is 1.81 bits per heavy atom. The Morgan fingerprint density at radius 1 is 1.11 bits per heavy atom. The normalized spacial score (nSPS) is 9.89. The van der Waals surface area contributed by atoms with Crippen molar-refractivity contribution in [3.05, 3.63) is 64.2 Å². The monoisotopic (exact) mass is 381 g/mol. The molecule has 1 heterocycles. The molecule has 0 saturated heterocycles. The third-order valence-electron chi connectivity index (χ3n) is 3.69. The van der Waals surface area contributed by atoms with Gasteiger partial charge in [0.15, 0.2) is 5.69 Å². The van der Waals surface area contributed by atoms with Crippen LogP contribution in [0.25, 0.3) is 11.4 Å². The SMILES string of the molecule is COc1cc(C#Cc2[nH]c(-c3c(F)cccc3Cl)nc2C#N)cc(OC)c1. The van der Waals surface area contributed by atoms with Gasteiger partial charge in [-0.1, -0.05) is 23.6 Å². The second-order valence-electron chi connectivity index (χ2n) is 5.37. The van der Waals surface area contributed by atoms with Gasteiger partial charge in [-0.15, -0.1) is 0 Å². The number of halogens is 2. The molecule has 0 bridgehead atoms. The molecule has 2 aromatic carbocycles. The van der Waals surface area contributed by atoms with Crippen molar-refractivity contribution in [3.8, 4) is 40.8 Å². The van der Waals surface area contributed by atoms with Gasteiger partial charge in [-0.2, -0.15) is 5.26 Å². The lowest BCUT2D eigenvalue weighted by Crippen LogP contribution is -1.89. The second kappa shape index (κ2) is 7.82. The summed E-state index contributed by atoms with van der Waals surface area (Å²) in [5.74, 6) is 6.53. The number of hydrogen-bond donors (Lipinski definition) is 1. The molecule has 0 saturated carbocycles. The van der Waals surface area contributed by atoms with E-state index in [0.29, 0.717) is 17.1 Å². The van der Waals surface area contributed by atoms with Gasteiger partial charge in [0.1, 0.15) is 34.9 Å². The molecule has 0 aliphatic rings. The highest BCUT2D eigenvalue weighted by atomic mass is 35.5. The summed E-state index contributed by atoms with van der Waals surface area (Å²) in [5, 5.41) is 9.50. The maximum Gasteiger partial charge on any atom is 0.175 e. The molecule has 3 rings (SSSR count). The number of ether oxygens (including phenoxy) is 2. The minimum absolute atomic E-state index is 0.0479. The Bertz CT molecular complexity index is 1060. The van der Waals surface area contributed by atoms with E-state index < -0.39 is 5.82 Å². The molecule has 5 nitrogen and oxygen atoms in total. The van der Waals surface area contributed by atoms with Crippen LogP contribution in [0.5, 0.6) is 11.5 Å². The van der Waals surface area contributed by atoms with Crippen LogP contribution in [0.4, 0.5) is 4.39 Å². The summed E-state index contributed by atoms with van der Waals surface area (Å²) >= 11 is 6.06. The van der Waals surface area contributed by atoms with Gasteiger partial charge in [-0.3, -0.25) is 0 Å². The largest absolute Gasteiger partial charge is 0.497 e. The molecular formula is C20H13ClFN3O2. The van der Waals surface area contributed by atoms with Crippen LogP contribution in [0, 0.1) is 29.0 Å². The van der Waals surface area contributed by atoms with Gasteiger partial charge in [0.05, 0.1) is 24.8 Å². The molecule has 1 aromatic heterocycles. The van der Waals surface area contributed by atoms with Gasteiger partial charge in [0, 0.05) is 11.6 Å². The summed E-state index contributed by atoms with van der Waals surface area (Å²) in [4.78, 5) is 6.97. The van der Waals surface area contributed by atoms with E-state index in [0.717, 1.165) is 0 Å². The number of methoxy groups -OCH3 is 2. The first kappa shape index (κ1) is 18.3. The smallest absolute Gasteiger partial charge is 0.175 e. The maximum atomic E-state index is 14.1. The number of aromatic amines is 1. The predicted molar refractivity (Wildman–Crippen MR) is 99.2 cm³/mol. The van der Waals surface area contributed by atoms with Crippen molar-refractivity contribution in [3.63, 3.8) is 0 Å². The van der Waals surface area contributed by atoms with E-state index in [1.807, 2.05) is 6.07 Å². The minimum Gasteiger partial charge on any atom is -0.497 e. The molecule has 0 aliphatic carbocycles. The fraction of sp³-hybridized carbons (Fsp3) is 0.100. The molecule has 3 aromatic rings. The molecule has 0 fully saturated rings. The number of rotatable bonds is 3. The molecule has 0 unspecified atom stereocenters. The van der Waals surface area contributed by atoms with Crippen LogP contribution < -0.4 is 9.47 Å². The van der Waals surface area contributed by atoms with Crippen molar-refractivity contribution >= 4 is 11.6 Å². The molecule has 0 amide bonds. The maximum absolute atomic E-state index is 14.1. The van der Waals surface area contributed by atoms with Crippen LogP contribution in [-0.2, 0) is 0 Å². The van der Waals surface area contributed by atoms with Crippen LogP contribution in [0.3, 0.4) is 0 Å². The van der Waals surface area contributed by atoms with E-state index >= 15 is 0 Å². The summed E-state index contributed by atoms with van der Waals surface area (Å²) in [6, 6.07) is 11.4. The molecule has 0 atom stereocenters. The Kier molecular flexibility index (Phi) is 5.30. The van der Waals surface area contributed by atoms with Crippen LogP contribution in [0.2, 0.25) is 5.02 Å². The van der Waals surface area contributed by atoms with Crippen molar-refractivity contribution in [2.45, 2.75) is 0 Å². The van der Waals surface area contributed by atoms with Gasteiger partial charge in [-0.25, -0.2) is 9.37 Å². The standard InChI is InChI=1S/C20H13ClFN3O2/c1-26-13-8-12(9-14(10-13)27-2)6-7-17-18(11-23)25-20(24-17)19-15(21)4-3-5-16(19)22/h3-5,8-10H,1-2H3,(H,24,25). The van der Waals surface area contributed by atoms with E-state index in [1.54, 1.807) is 38.5 Å². The third kappa shape index (κ3) is 3.87. The number of nitrogens with one attached hydrogen (secondary N) is 1. The molecular weight excluding hydrogens is 369 g/mol. The van der Waals surface area contributed by atoms with E-state index in [4.69, 9.17) is 21.1 Å². The van der Waals surface area contributed by atoms with Crippen molar-refractivity contribution < 1.29 is 13.9 Å². The summed E-state index contributed by atoms with van der Waals surface area (Å²) in [6.07, 6.45) is 0. The molecule has 134 valence electrons. The van der Waals surface area contributed by atoms with E-state index in [2.05, 4.69) is 21.8 Å². The second-order valence-corrected chi connectivity index (χ2v) is 5.78. The first-order chi connectivity index (χ1) is 13.0. The van der Waals surface area contributed by atoms with Crippen molar-refractivity contribution in [2.75, 3.05) is 14.2 Å². The van der Waals surface area contributed by atoms with Crippen LogP contribution in [-0.4, -0.2) is 24.2 Å². The minimum atomic E-state index is -0.544. The van der Waals surface area contributed by atoms with Crippen LogP contribution in [0.15, 0.2) is 36.4 Å². The zero-order valence-electron chi connectivity index (χ0n) is 14.4. The van der Waals surface area contributed by atoms with E-state index in [9.17, 15) is 9.65 Å². The van der Waals surface area contributed by atoms with Gasteiger partial charge < -0.3 is 14.5 Å². The Labute approximate surface area is 160 Å². The highest BCUT2D eigenvalue weighted by Crippen LogP contribution is 2.29. The van der Waals surface area contributed by atoms with Crippen LogP contribution in [0.1, 0.15) is 17.0 Å². The zero-order valence-corrected chi connectivity index (χ0v) is 15.2. The Hall–Kier alpha value is -3.48.